The van der Waals surface area contributed by atoms with E-state index in [9.17, 15) is 13.6 Å². The number of benzene rings is 1. The monoisotopic (exact) mass is 418 g/mol. The number of carbonyl (C=O) groups excluding carboxylic acids is 1. The highest BCUT2D eigenvalue weighted by Crippen LogP contribution is 2.23. The topological polar surface area (TPSA) is 68.0 Å². The zero-order valence-corrected chi connectivity index (χ0v) is 17.8. The molecule has 0 saturated carbocycles. The number of likely N-dealkylation sites (N-methyl/N-ethyl adjacent to an activating group) is 1. The normalized spacial score (nSPS) is 12.8. The van der Waals surface area contributed by atoms with E-state index in [0.29, 0.717) is 18.2 Å². The number of hydrogen-bond donors (Lipinski definition) is 1. The van der Waals surface area contributed by atoms with E-state index in [1.807, 2.05) is 28.8 Å². The second-order valence-corrected chi connectivity index (χ2v) is 7.22. The highest BCUT2D eigenvalue weighted by atomic mass is 19.3. The molecule has 3 aromatic rings. The van der Waals surface area contributed by atoms with Gasteiger partial charge < -0.3 is 9.47 Å². The fraction of sp³-hybridized carbons (Fsp3) is 0.476. The van der Waals surface area contributed by atoms with E-state index in [1.54, 1.807) is 13.8 Å². The Labute approximate surface area is 174 Å². The van der Waals surface area contributed by atoms with Crippen LogP contribution in [0, 0.1) is 6.92 Å². The van der Waals surface area contributed by atoms with Crippen LogP contribution < -0.4 is 5.32 Å². The average Bonchev–Trinajstić information content (AvgIpc) is 3.28. The molecule has 0 bridgehead atoms. The van der Waals surface area contributed by atoms with Crippen molar-refractivity contribution in [2.45, 2.75) is 46.7 Å². The van der Waals surface area contributed by atoms with Gasteiger partial charge in [0.2, 0.25) is 5.95 Å². The lowest BCUT2D eigenvalue weighted by Gasteiger charge is -2.20. The number of halogens is 2. The van der Waals surface area contributed by atoms with Crippen LogP contribution in [0.3, 0.4) is 0 Å². The molecule has 0 spiro atoms. The van der Waals surface area contributed by atoms with Gasteiger partial charge in [-0.2, -0.15) is 5.10 Å². The molecule has 0 aliphatic carbocycles. The number of para-hydroxylation sites is 2. The van der Waals surface area contributed by atoms with Crippen LogP contribution >= 0.6 is 0 Å². The van der Waals surface area contributed by atoms with E-state index >= 15 is 0 Å². The van der Waals surface area contributed by atoms with Crippen molar-refractivity contribution >= 4 is 22.9 Å². The molecule has 1 N–H and O–H groups in total. The van der Waals surface area contributed by atoms with Gasteiger partial charge in [0, 0.05) is 18.8 Å². The molecule has 7 nitrogen and oxygen atoms in total. The van der Waals surface area contributed by atoms with E-state index in [-0.39, 0.29) is 11.6 Å². The summed E-state index contributed by atoms with van der Waals surface area (Å²) in [5, 5.41) is 6.76. The lowest BCUT2D eigenvalue weighted by atomic mass is 10.3. The van der Waals surface area contributed by atoms with Crippen molar-refractivity contribution in [2.24, 2.45) is 0 Å². The average molecular weight is 418 g/mol. The van der Waals surface area contributed by atoms with Crippen LogP contribution in [0.15, 0.2) is 30.3 Å². The Bertz CT molecular complexity index is 1010. The molecular formula is C21H28F2N6O. The summed E-state index contributed by atoms with van der Waals surface area (Å²) in [6, 6.07) is 8.25. The van der Waals surface area contributed by atoms with Gasteiger partial charge in [-0.15, -0.1) is 0 Å². The van der Waals surface area contributed by atoms with Crippen molar-refractivity contribution < 1.29 is 13.6 Å². The maximum absolute atomic E-state index is 13.0. The summed E-state index contributed by atoms with van der Waals surface area (Å²) in [6.07, 6.45) is -2.68. The third-order valence-corrected chi connectivity index (χ3v) is 5.34. The van der Waals surface area contributed by atoms with Crippen molar-refractivity contribution in [1.29, 1.82) is 0 Å². The quantitative estimate of drug-likeness (QED) is 0.570. The predicted octanol–water partition coefficient (Wildman–Crippen LogP) is 4.02. The number of fused-ring (bicyclic) bond motifs is 1. The van der Waals surface area contributed by atoms with Crippen LogP contribution in [0.4, 0.5) is 14.7 Å². The Kier molecular flexibility index (Phi) is 6.81. The van der Waals surface area contributed by atoms with E-state index < -0.39 is 12.5 Å². The number of nitrogens with zero attached hydrogens (tertiary/aromatic N) is 5. The predicted molar refractivity (Wildman–Crippen MR) is 113 cm³/mol. The Morgan fingerprint density at radius 3 is 2.57 bits per heavy atom. The lowest BCUT2D eigenvalue weighted by molar-refractivity contribution is -0.119. The Morgan fingerprint density at radius 1 is 1.23 bits per heavy atom. The second-order valence-electron chi connectivity index (χ2n) is 7.22. The van der Waals surface area contributed by atoms with E-state index in [1.165, 1.54) is 10.7 Å². The van der Waals surface area contributed by atoms with Gasteiger partial charge in [0.1, 0.15) is 11.7 Å². The van der Waals surface area contributed by atoms with Gasteiger partial charge in [0.05, 0.1) is 11.0 Å². The SMILES string of the molecule is CCN(CC)CCn1c(NC(=O)C(C)n2nc(C(F)F)cc2C)nc2ccccc21. The number of amides is 1. The molecule has 0 aliphatic rings. The van der Waals surface area contributed by atoms with Crippen LogP contribution in [0.2, 0.25) is 0 Å². The van der Waals surface area contributed by atoms with Crippen molar-refractivity contribution in [3.8, 4) is 0 Å². The lowest BCUT2D eigenvalue weighted by Crippen LogP contribution is -2.29. The molecule has 0 fully saturated rings. The van der Waals surface area contributed by atoms with Gasteiger partial charge in [0.15, 0.2) is 0 Å². The summed E-state index contributed by atoms with van der Waals surface area (Å²) >= 11 is 0. The number of aromatic nitrogens is 4. The molecule has 2 aromatic heterocycles. The third kappa shape index (κ3) is 4.51. The van der Waals surface area contributed by atoms with E-state index in [2.05, 4.69) is 34.1 Å². The Hall–Kier alpha value is -2.81. The standard InChI is InChI=1S/C21H28F2N6O/c1-5-27(6-2)11-12-28-18-10-8-7-9-16(18)24-21(28)25-20(30)15(4)29-14(3)13-17(26-29)19(22)23/h7-10,13,15,19H,5-6,11-12H2,1-4H3,(H,24,25,30). The zero-order valence-electron chi connectivity index (χ0n) is 17.8. The third-order valence-electron chi connectivity index (χ3n) is 5.34. The number of aryl methyl sites for hydroxylation is 1. The van der Waals surface area contributed by atoms with E-state index in [0.717, 1.165) is 30.7 Å². The van der Waals surface area contributed by atoms with Gasteiger partial charge in [-0.1, -0.05) is 26.0 Å². The smallest absolute Gasteiger partial charge is 0.282 e. The first-order chi connectivity index (χ1) is 14.3. The first-order valence-electron chi connectivity index (χ1n) is 10.2. The molecule has 162 valence electrons. The van der Waals surface area contributed by atoms with Crippen LogP contribution in [0.1, 0.15) is 44.6 Å². The number of imidazole rings is 1. The van der Waals surface area contributed by atoms with Crippen LogP contribution in [-0.4, -0.2) is 49.8 Å². The summed E-state index contributed by atoms with van der Waals surface area (Å²) in [5.41, 5.74) is 1.89. The molecule has 1 atom stereocenters. The summed E-state index contributed by atoms with van der Waals surface area (Å²) in [4.78, 5) is 19.8. The minimum absolute atomic E-state index is 0.335. The maximum atomic E-state index is 13.0. The molecular weight excluding hydrogens is 390 g/mol. The summed E-state index contributed by atoms with van der Waals surface area (Å²) in [6.45, 7) is 10.9. The first-order valence-corrected chi connectivity index (χ1v) is 10.2. The molecule has 30 heavy (non-hydrogen) atoms. The molecule has 1 unspecified atom stereocenters. The number of carbonyl (C=O) groups is 1. The second kappa shape index (κ2) is 9.34. The number of nitrogens with one attached hydrogen (secondary N) is 1. The molecule has 1 aromatic carbocycles. The Morgan fingerprint density at radius 2 is 1.93 bits per heavy atom. The largest absolute Gasteiger partial charge is 0.309 e. The number of rotatable bonds is 9. The highest BCUT2D eigenvalue weighted by molar-refractivity contribution is 5.94. The highest BCUT2D eigenvalue weighted by Gasteiger charge is 2.23. The summed E-state index contributed by atoms with van der Waals surface area (Å²) in [5.74, 6) is 0.0838. The van der Waals surface area contributed by atoms with Crippen molar-refractivity contribution in [3.05, 3.63) is 41.7 Å². The molecule has 9 heteroatoms. The molecule has 0 saturated heterocycles. The number of hydrogen-bond acceptors (Lipinski definition) is 4. The minimum atomic E-state index is -2.68. The summed E-state index contributed by atoms with van der Waals surface area (Å²) < 4.78 is 29.2. The molecule has 0 radical (unpaired) electrons. The zero-order chi connectivity index (χ0) is 21.8. The molecule has 0 aliphatic heterocycles. The molecule has 2 heterocycles. The minimum Gasteiger partial charge on any atom is -0.309 e. The fourth-order valence-corrected chi connectivity index (χ4v) is 3.52. The Balaban J connectivity index is 1.85. The van der Waals surface area contributed by atoms with Gasteiger partial charge in [-0.05, 0) is 45.1 Å². The van der Waals surface area contributed by atoms with Gasteiger partial charge in [-0.25, -0.2) is 13.8 Å². The number of anilines is 1. The van der Waals surface area contributed by atoms with E-state index in [4.69, 9.17) is 0 Å². The molecule has 1 amide bonds. The van der Waals surface area contributed by atoms with Crippen molar-refractivity contribution in [3.63, 3.8) is 0 Å². The van der Waals surface area contributed by atoms with Crippen LogP contribution in [0.5, 0.6) is 0 Å². The summed E-state index contributed by atoms with van der Waals surface area (Å²) in [7, 11) is 0. The maximum Gasteiger partial charge on any atom is 0.282 e. The van der Waals surface area contributed by atoms with Crippen LogP contribution in [-0.2, 0) is 11.3 Å². The van der Waals surface area contributed by atoms with Crippen LogP contribution in [0.25, 0.3) is 11.0 Å². The fourth-order valence-electron chi connectivity index (χ4n) is 3.52. The first kappa shape index (κ1) is 21.9. The number of alkyl halides is 2. The van der Waals surface area contributed by atoms with Gasteiger partial charge >= 0.3 is 0 Å². The van der Waals surface area contributed by atoms with Crippen molar-refractivity contribution in [1.82, 2.24) is 24.2 Å². The molecule has 3 rings (SSSR count). The van der Waals surface area contributed by atoms with Gasteiger partial charge in [0.25, 0.3) is 12.3 Å². The van der Waals surface area contributed by atoms with Crippen molar-refractivity contribution in [2.75, 3.05) is 25.0 Å². The van der Waals surface area contributed by atoms with Gasteiger partial charge in [-0.3, -0.25) is 14.8 Å².